The molecule has 24 heavy (non-hydrogen) atoms. The second kappa shape index (κ2) is 7.19. The number of para-hydroxylation sites is 2. The lowest BCUT2D eigenvalue weighted by Crippen LogP contribution is -2.20. The van der Waals surface area contributed by atoms with Crippen LogP contribution in [-0.4, -0.2) is 6.03 Å². The quantitative estimate of drug-likeness (QED) is 0.610. The second-order valence-electron chi connectivity index (χ2n) is 5.11. The summed E-state index contributed by atoms with van der Waals surface area (Å²) in [6.07, 6.45) is 0. The molecule has 0 bridgehead atoms. The fraction of sp³-hybridized carbons (Fsp3) is 0. The second-order valence-corrected chi connectivity index (χ2v) is 5.11. The van der Waals surface area contributed by atoms with Crippen LogP contribution in [0.1, 0.15) is 0 Å². The maximum absolute atomic E-state index is 12.0. The van der Waals surface area contributed by atoms with E-state index in [2.05, 4.69) is 10.6 Å². The fourth-order valence-electron chi connectivity index (χ4n) is 2.15. The number of carbonyl (C=O) groups excluding carboxylic acids is 1. The molecule has 0 radical (unpaired) electrons. The minimum absolute atomic E-state index is 0.357. The van der Waals surface area contributed by atoms with Crippen molar-refractivity contribution in [1.29, 1.82) is 0 Å². The summed E-state index contributed by atoms with van der Waals surface area (Å²) in [5.41, 5.74) is 7.64. The molecule has 0 aliphatic rings. The Morgan fingerprint density at radius 1 is 0.792 bits per heavy atom. The molecule has 0 unspecified atom stereocenters. The van der Waals surface area contributed by atoms with E-state index < -0.39 is 0 Å². The van der Waals surface area contributed by atoms with E-state index in [1.165, 1.54) is 0 Å². The van der Waals surface area contributed by atoms with Gasteiger partial charge in [0.2, 0.25) is 0 Å². The molecule has 0 saturated heterocycles. The number of nitrogens with one attached hydrogen (secondary N) is 2. The molecule has 5 nitrogen and oxygen atoms in total. The van der Waals surface area contributed by atoms with E-state index >= 15 is 0 Å². The van der Waals surface area contributed by atoms with Crippen molar-refractivity contribution in [3.05, 3.63) is 78.9 Å². The van der Waals surface area contributed by atoms with Crippen molar-refractivity contribution >= 4 is 23.1 Å². The van der Waals surface area contributed by atoms with E-state index in [9.17, 15) is 4.79 Å². The molecule has 0 fully saturated rings. The Balaban J connectivity index is 1.65. The molecule has 4 N–H and O–H groups in total. The summed E-state index contributed by atoms with van der Waals surface area (Å²) in [6, 6.07) is 23.4. The highest BCUT2D eigenvalue weighted by atomic mass is 16.5. The molecule has 0 aliphatic heterocycles. The van der Waals surface area contributed by atoms with Crippen LogP contribution in [0.15, 0.2) is 78.9 Å². The van der Waals surface area contributed by atoms with Crippen LogP contribution < -0.4 is 21.1 Å². The number of rotatable bonds is 4. The summed E-state index contributed by atoms with van der Waals surface area (Å²) in [7, 11) is 0. The van der Waals surface area contributed by atoms with Crippen molar-refractivity contribution in [2.24, 2.45) is 0 Å². The van der Waals surface area contributed by atoms with Gasteiger partial charge in [0.1, 0.15) is 11.5 Å². The highest BCUT2D eigenvalue weighted by Gasteiger charge is 2.07. The van der Waals surface area contributed by atoms with E-state index in [1.807, 2.05) is 48.5 Å². The van der Waals surface area contributed by atoms with Crippen molar-refractivity contribution < 1.29 is 9.53 Å². The molecule has 3 rings (SSSR count). The summed E-state index contributed by atoms with van der Waals surface area (Å²) in [5.74, 6) is 1.33. The van der Waals surface area contributed by atoms with Gasteiger partial charge in [-0.05, 0) is 36.4 Å². The molecular weight excluding hydrogens is 302 g/mol. The first-order chi connectivity index (χ1) is 11.7. The SMILES string of the molecule is Nc1cc(Oc2ccccc2)ccc1NC(=O)Nc1ccccc1. The molecule has 0 atom stereocenters. The largest absolute Gasteiger partial charge is 0.457 e. The lowest BCUT2D eigenvalue weighted by atomic mass is 10.2. The van der Waals surface area contributed by atoms with Gasteiger partial charge in [-0.25, -0.2) is 4.79 Å². The number of amides is 2. The third-order valence-electron chi connectivity index (χ3n) is 3.28. The van der Waals surface area contributed by atoms with E-state index in [4.69, 9.17) is 10.5 Å². The maximum atomic E-state index is 12.0. The summed E-state index contributed by atoms with van der Waals surface area (Å²) < 4.78 is 5.71. The van der Waals surface area contributed by atoms with Crippen LogP contribution in [0.25, 0.3) is 0 Å². The van der Waals surface area contributed by atoms with E-state index in [0.717, 1.165) is 5.75 Å². The van der Waals surface area contributed by atoms with Crippen molar-refractivity contribution in [1.82, 2.24) is 0 Å². The van der Waals surface area contributed by atoms with Crippen molar-refractivity contribution in [2.75, 3.05) is 16.4 Å². The maximum Gasteiger partial charge on any atom is 0.323 e. The molecule has 0 heterocycles. The smallest absolute Gasteiger partial charge is 0.323 e. The van der Waals surface area contributed by atoms with E-state index in [1.54, 1.807) is 30.3 Å². The van der Waals surface area contributed by atoms with Gasteiger partial charge in [0.05, 0.1) is 11.4 Å². The number of anilines is 3. The Bertz CT molecular complexity index is 821. The predicted molar refractivity (Wildman–Crippen MR) is 96.5 cm³/mol. The monoisotopic (exact) mass is 319 g/mol. The van der Waals surface area contributed by atoms with Crippen LogP contribution in [0.2, 0.25) is 0 Å². The lowest BCUT2D eigenvalue weighted by Gasteiger charge is -2.12. The van der Waals surface area contributed by atoms with Crippen molar-refractivity contribution in [3.63, 3.8) is 0 Å². The number of benzene rings is 3. The lowest BCUT2D eigenvalue weighted by molar-refractivity contribution is 0.262. The fourth-order valence-corrected chi connectivity index (χ4v) is 2.15. The number of ether oxygens (including phenoxy) is 1. The Morgan fingerprint density at radius 2 is 1.46 bits per heavy atom. The van der Waals surface area contributed by atoms with Gasteiger partial charge in [0.15, 0.2) is 0 Å². The van der Waals surface area contributed by atoms with E-state index in [0.29, 0.717) is 22.8 Å². The summed E-state index contributed by atoms with van der Waals surface area (Å²) in [4.78, 5) is 12.0. The molecule has 3 aromatic rings. The molecular formula is C19H17N3O2. The highest BCUT2D eigenvalue weighted by molar-refractivity contribution is 6.01. The van der Waals surface area contributed by atoms with Crippen LogP contribution >= 0.6 is 0 Å². The minimum Gasteiger partial charge on any atom is -0.457 e. The first-order valence-corrected chi connectivity index (χ1v) is 7.46. The van der Waals surface area contributed by atoms with Crippen LogP contribution in [0.5, 0.6) is 11.5 Å². The summed E-state index contributed by atoms with van der Waals surface area (Å²) in [6.45, 7) is 0. The number of nitrogen functional groups attached to an aromatic ring is 1. The van der Waals surface area contributed by atoms with Crippen LogP contribution in [0.4, 0.5) is 21.9 Å². The average Bonchev–Trinajstić information content (AvgIpc) is 2.59. The topological polar surface area (TPSA) is 76.4 Å². The van der Waals surface area contributed by atoms with Crippen molar-refractivity contribution in [3.8, 4) is 11.5 Å². The Labute approximate surface area is 140 Å². The molecule has 0 saturated carbocycles. The molecule has 120 valence electrons. The van der Waals surface area contributed by atoms with Gasteiger partial charge in [0, 0.05) is 11.8 Å². The number of urea groups is 1. The zero-order chi connectivity index (χ0) is 16.8. The minimum atomic E-state index is -0.357. The number of nitrogens with two attached hydrogens (primary N) is 1. The first-order valence-electron chi connectivity index (χ1n) is 7.46. The first kappa shape index (κ1) is 15.4. The van der Waals surface area contributed by atoms with Crippen molar-refractivity contribution in [2.45, 2.75) is 0 Å². The molecule has 0 aromatic heterocycles. The average molecular weight is 319 g/mol. The van der Waals surface area contributed by atoms with Crippen LogP contribution in [0.3, 0.4) is 0 Å². The van der Waals surface area contributed by atoms with Crippen LogP contribution in [0, 0.1) is 0 Å². The standard InChI is InChI=1S/C19H17N3O2/c20-17-13-16(24-15-9-5-2-6-10-15)11-12-18(17)22-19(23)21-14-7-3-1-4-8-14/h1-13H,20H2,(H2,21,22,23). The van der Waals surface area contributed by atoms with Gasteiger partial charge in [0.25, 0.3) is 0 Å². The van der Waals surface area contributed by atoms with Gasteiger partial charge < -0.3 is 21.1 Å². The summed E-state index contributed by atoms with van der Waals surface area (Å²) >= 11 is 0. The molecule has 5 heteroatoms. The van der Waals surface area contributed by atoms with Gasteiger partial charge in [-0.3, -0.25) is 0 Å². The Morgan fingerprint density at radius 3 is 2.12 bits per heavy atom. The molecule has 2 amide bonds. The predicted octanol–water partition coefficient (Wildman–Crippen LogP) is 4.71. The van der Waals surface area contributed by atoms with Gasteiger partial charge in [-0.15, -0.1) is 0 Å². The number of carbonyl (C=O) groups is 1. The molecule has 0 spiro atoms. The Hall–Kier alpha value is -3.47. The summed E-state index contributed by atoms with van der Waals surface area (Å²) in [5, 5.41) is 5.45. The zero-order valence-electron chi connectivity index (χ0n) is 12.9. The van der Waals surface area contributed by atoms with Gasteiger partial charge >= 0.3 is 6.03 Å². The van der Waals surface area contributed by atoms with E-state index in [-0.39, 0.29) is 6.03 Å². The molecule has 3 aromatic carbocycles. The normalized spacial score (nSPS) is 10.0. The molecule has 0 aliphatic carbocycles. The third-order valence-corrected chi connectivity index (χ3v) is 3.28. The highest BCUT2D eigenvalue weighted by Crippen LogP contribution is 2.28. The third kappa shape index (κ3) is 4.04. The number of hydrogen-bond acceptors (Lipinski definition) is 3. The van der Waals surface area contributed by atoms with Gasteiger partial charge in [-0.1, -0.05) is 36.4 Å². The van der Waals surface area contributed by atoms with Crippen LogP contribution in [-0.2, 0) is 0 Å². The Kier molecular flexibility index (Phi) is 4.62. The zero-order valence-corrected chi connectivity index (χ0v) is 12.9. The van der Waals surface area contributed by atoms with Gasteiger partial charge in [-0.2, -0.15) is 0 Å². The number of hydrogen-bond donors (Lipinski definition) is 3.